The summed E-state index contributed by atoms with van der Waals surface area (Å²) in [6.07, 6.45) is 27.1. The van der Waals surface area contributed by atoms with Gasteiger partial charge in [0.2, 0.25) is 0 Å². The minimum Gasteiger partial charge on any atom is -0.494 e. The van der Waals surface area contributed by atoms with Gasteiger partial charge in [-0.15, -0.1) is 0 Å². The van der Waals surface area contributed by atoms with Crippen LogP contribution in [0.3, 0.4) is 0 Å². The number of hydrogen-bond acceptors (Lipinski definition) is 1. The first-order valence-corrected chi connectivity index (χ1v) is 14.7. The van der Waals surface area contributed by atoms with E-state index in [-0.39, 0.29) is 0 Å². The average Bonchev–Trinajstić information content (AvgIpc) is 2.88. The fourth-order valence-corrected chi connectivity index (χ4v) is 5.91. The summed E-state index contributed by atoms with van der Waals surface area (Å²) in [6.45, 7) is 5.30. The fraction of sp³-hybridized carbons (Fsp3) is 0.697. The molecule has 3 rings (SSSR count). The third kappa shape index (κ3) is 10.3. The number of ether oxygens (including phenoxy) is 1. The molecule has 2 aliphatic rings. The Morgan fingerprint density at radius 1 is 0.735 bits per heavy atom. The van der Waals surface area contributed by atoms with E-state index >= 15 is 0 Å². The van der Waals surface area contributed by atoms with Crippen LogP contribution in [-0.2, 0) is 0 Å². The molecule has 0 bridgehead atoms. The molecule has 0 aromatic heterocycles. The van der Waals surface area contributed by atoms with E-state index in [0.29, 0.717) is 0 Å². The predicted octanol–water partition coefficient (Wildman–Crippen LogP) is 9.75. The van der Waals surface area contributed by atoms with Crippen LogP contribution in [0.25, 0.3) is 0 Å². The maximum absolute atomic E-state index is 5.72. The maximum Gasteiger partial charge on any atom is 0.119 e. The molecule has 188 valence electrons. The number of rotatable bonds is 12. The van der Waals surface area contributed by atoms with Gasteiger partial charge in [-0.25, -0.2) is 0 Å². The van der Waals surface area contributed by atoms with Crippen molar-refractivity contribution in [2.75, 3.05) is 6.61 Å². The quantitative estimate of drug-likeness (QED) is 0.222. The Kier molecular flexibility index (Phi) is 12.7. The van der Waals surface area contributed by atoms with Gasteiger partial charge in [0.05, 0.1) is 6.61 Å². The van der Waals surface area contributed by atoms with Crippen molar-refractivity contribution in [3.05, 3.63) is 42.0 Å². The molecule has 0 N–H and O–H groups in total. The van der Waals surface area contributed by atoms with Gasteiger partial charge in [-0.05, 0) is 86.1 Å². The lowest BCUT2D eigenvalue weighted by atomic mass is 9.75. The zero-order valence-corrected chi connectivity index (χ0v) is 22.2. The Labute approximate surface area is 211 Å². The average molecular weight is 463 g/mol. The van der Waals surface area contributed by atoms with E-state index in [4.69, 9.17) is 4.74 Å². The molecule has 2 fully saturated rings. The lowest BCUT2D eigenvalue weighted by Gasteiger charge is -2.31. The molecule has 0 unspecified atom stereocenters. The Hall–Kier alpha value is -1.68. The highest BCUT2D eigenvalue weighted by molar-refractivity contribution is 5.40. The number of unbranched alkanes of at least 4 members (excludes halogenated alkanes) is 3. The summed E-state index contributed by atoms with van der Waals surface area (Å²) in [5, 5.41) is 0. The summed E-state index contributed by atoms with van der Waals surface area (Å²) in [5.74, 6) is 11.3. The molecule has 0 heterocycles. The van der Waals surface area contributed by atoms with Crippen LogP contribution in [0, 0.1) is 35.5 Å². The van der Waals surface area contributed by atoms with E-state index in [1.54, 1.807) is 0 Å². The van der Waals surface area contributed by atoms with Crippen molar-refractivity contribution >= 4 is 0 Å². The second-order valence-electron chi connectivity index (χ2n) is 11.1. The Balaban J connectivity index is 1.27. The molecule has 1 heteroatoms. The van der Waals surface area contributed by atoms with E-state index in [1.165, 1.54) is 89.9 Å². The molecule has 34 heavy (non-hydrogen) atoms. The molecular weight excluding hydrogens is 412 g/mol. The Morgan fingerprint density at radius 3 is 1.94 bits per heavy atom. The van der Waals surface area contributed by atoms with E-state index in [2.05, 4.69) is 50.0 Å². The fourth-order valence-electron chi connectivity index (χ4n) is 5.91. The smallest absolute Gasteiger partial charge is 0.119 e. The summed E-state index contributed by atoms with van der Waals surface area (Å²) in [6, 6.07) is 8.19. The van der Waals surface area contributed by atoms with Crippen molar-refractivity contribution in [1.29, 1.82) is 0 Å². The summed E-state index contributed by atoms with van der Waals surface area (Å²) >= 11 is 0. The predicted molar refractivity (Wildman–Crippen MR) is 147 cm³/mol. The molecule has 1 aromatic rings. The normalized spacial score (nSPS) is 25.1. The number of hydrogen-bond donors (Lipinski definition) is 0. The lowest BCUT2D eigenvalue weighted by molar-refractivity contribution is 0.219. The lowest BCUT2D eigenvalue weighted by Crippen LogP contribution is -2.17. The van der Waals surface area contributed by atoms with Gasteiger partial charge in [0.15, 0.2) is 0 Å². The van der Waals surface area contributed by atoms with Crippen molar-refractivity contribution in [3.8, 4) is 17.6 Å². The van der Waals surface area contributed by atoms with Crippen LogP contribution < -0.4 is 4.74 Å². The zero-order chi connectivity index (χ0) is 23.8. The van der Waals surface area contributed by atoms with Crippen LogP contribution in [-0.4, -0.2) is 6.61 Å². The largest absolute Gasteiger partial charge is 0.494 e. The van der Waals surface area contributed by atoms with Gasteiger partial charge in [-0.2, -0.15) is 0 Å². The van der Waals surface area contributed by atoms with Crippen LogP contribution in [0.4, 0.5) is 0 Å². The summed E-state index contributed by atoms with van der Waals surface area (Å²) in [4.78, 5) is 0. The highest BCUT2D eigenvalue weighted by Crippen LogP contribution is 2.38. The van der Waals surface area contributed by atoms with Crippen molar-refractivity contribution in [2.45, 2.75) is 117 Å². The van der Waals surface area contributed by atoms with Gasteiger partial charge < -0.3 is 4.74 Å². The van der Waals surface area contributed by atoms with Crippen LogP contribution >= 0.6 is 0 Å². The first kappa shape index (κ1) is 26.9. The minimum atomic E-state index is 0.735. The monoisotopic (exact) mass is 462 g/mol. The highest BCUT2D eigenvalue weighted by atomic mass is 16.5. The van der Waals surface area contributed by atoms with Crippen molar-refractivity contribution in [3.63, 3.8) is 0 Å². The van der Waals surface area contributed by atoms with Gasteiger partial charge in [-0.1, -0.05) is 102 Å². The van der Waals surface area contributed by atoms with Crippen LogP contribution in [0.15, 0.2) is 36.4 Å². The summed E-state index contributed by atoms with van der Waals surface area (Å²) in [7, 11) is 0. The first-order chi connectivity index (χ1) is 16.8. The van der Waals surface area contributed by atoms with Crippen LogP contribution in [0.5, 0.6) is 5.75 Å². The molecule has 0 atom stereocenters. The zero-order valence-electron chi connectivity index (χ0n) is 22.2. The van der Waals surface area contributed by atoms with Gasteiger partial charge in [0.1, 0.15) is 5.75 Å². The Bertz CT molecular complexity index is 733. The topological polar surface area (TPSA) is 9.23 Å². The second-order valence-corrected chi connectivity index (χ2v) is 11.1. The number of allylic oxidation sites excluding steroid dienone is 2. The molecule has 1 aromatic carbocycles. The molecule has 0 saturated heterocycles. The maximum atomic E-state index is 5.72. The van der Waals surface area contributed by atoms with Crippen LogP contribution in [0.2, 0.25) is 0 Å². The molecule has 2 saturated carbocycles. The molecule has 1 nitrogen and oxygen atoms in total. The van der Waals surface area contributed by atoms with Gasteiger partial charge in [0, 0.05) is 5.56 Å². The molecule has 0 radical (unpaired) electrons. The highest BCUT2D eigenvalue weighted by Gasteiger charge is 2.24. The second kappa shape index (κ2) is 16.1. The third-order valence-corrected chi connectivity index (χ3v) is 8.35. The first-order valence-electron chi connectivity index (χ1n) is 14.7. The van der Waals surface area contributed by atoms with Crippen molar-refractivity contribution in [1.82, 2.24) is 0 Å². The third-order valence-electron chi connectivity index (χ3n) is 8.35. The summed E-state index contributed by atoms with van der Waals surface area (Å²) in [5.41, 5.74) is 1.06. The molecule has 0 aliphatic heterocycles. The van der Waals surface area contributed by atoms with Crippen molar-refractivity contribution in [2.24, 2.45) is 23.7 Å². The van der Waals surface area contributed by atoms with Gasteiger partial charge >= 0.3 is 0 Å². The molecule has 0 spiro atoms. The van der Waals surface area contributed by atoms with Crippen LogP contribution in [0.1, 0.15) is 122 Å². The molecule has 0 amide bonds. The standard InChI is InChI=1S/C33H50O/c1-3-5-7-10-28-13-17-31(18-14-28)21-22-32-19-15-29(16-20-32)11-8-9-12-30-23-25-33(26-24-30)34-27-6-4-2/h8,11,23-26,28-29,31-32H,3-7,10,13-22,27H2,1-2H3/t28-,29-,31-,32-. The minimum absolute atomic E-state index is 0.735. The van der Waals surface area contributed by atoms with Crippen molar-refractivity contribution < 1.29 is 4.74 Å². The van der Waals surface area contributed by atoms with E-state index in [0.717, 1.165) is 54.4 Å². The SMILES string of the molecule is CCCCC[C@H]1CC[C@H](CC[C@H]2CC[C@H](C=CC#Cc3ccc(OCCCC)cc3)CC2)CC1. The van der Waals surface area contributed by atoms with E-state index in [9.17, 15) is 0 Å². The summed E-state index contributed by atoms with van der Waals surface area (Å²) < 4.78 is 5.72. The molecule has 2 aliphatic carbocycles. The number of benzene rings is 1. The van der Waals surface area contributed by atoms with Gasteiger partial charge in [-0.3, -0.25) is 0 Å². The van der Waals surface area contributed by atoms with Gasteiger partial charge in [0.25, 0.3) is 0 Å². The Morgan fingerprint density at radius 2 is 1.32 bits per heavy atom. The van der Waals surface area contributed by atoms with E-state index < -0.39 is 0 Å². The molecular formula is C33H50O. The van der Waals surface area contributed by atoms with E-state index in [1.807, 2.05) is 12.1 Å².